The lowest BCUT2D eigenvalue weighted by atomic mass is 10.0. The molecule has 10 heavy (non-hydrogen) atoms. The lowest BCUT2D eigenvalue weighted by Gasteiger charge is -2.05. The summed E-state index contributed by atoms with van der Waals surface area (Å²) in [5.74, 6) is 0.586. The highest BCUT2D eigenvalue weighted by molar-refractivity contribution is 5.53. The molecule has 0 saturated heterocycles. The second-order valence-corrected chi connectivity index (χ2v) is 2.85. The summed E-state index contributed by atoms with van der Waals surface area (Å²) in [7, 11) is 0. The molecule has 1 N–H and O–H groups in total. The average molecular weight is 139 g/mol. The Bertz CT molecular complexity index is 121. The molecule has 0 fully saturated rings. The molecule has 1 atom stereocenters. The highest BCUT2D eigenvalue weighted by Gasteiger charge is 1.98. The Balaban J connectivity index is 3.82. The Labute approximate surface area is 63.7 Å². The number of hydrogen-bond acceptors (Lipinski definition) is 1. The van der Waals surface area contributed by atoms with E-state index in [0.29, 0.717) is 5.92 Å². The number of allylic oxidation sites excluding steroid dienone is 2. The second-order valence-electron chi connectivity index (χ2n) is 2.85. The Hall–Kier alpha value is -0.590. The standard InChI is InChI=1S/C9H17N/c1-4-9(5-6-10)7-8(2)3/h6-7,9-10H,4-5H2,1-3H3. The predicted molar refractivity (Wildman–Crippen MR) is 46.6 cm³/mol. The van der Waals surface area contributed by atoms with Crippen LogP contribution in [0.2, 0.25) is 0 Å². The summed E-state index contributed by atoms with van der Waals surface area (Å²) in [5, 5.41) is 6.93. The fourth-order valence-corrected chi connectivity index (χ4v) is 0.975. The molecule has 0 bridgehead atoms. The van der Waals surface area contributed by atoms with Gasteiger partial charge in [-0.3, -0.25) is 0 Å². The van der Waals surface area contributed by atoms with Crippen molar-refractivity contribution in [1.29, 1.82) is 5.41 Å². The summed E-state index contributed by atoms with van der Waals surface area (Å²) in [4.78, 5) is 0. The van der Waals surface area contributed by atoms with Crippen molar-refractivity contribution in [2.45, 2.75) is 33.6 Å². The monoisotopic (exact) mass is 139 g/mol. The first-order valence-corrected chi connectivity index (χ1v) is 3.84. The van der Waals surface area contributed by atoms with E-state index in [2.05, 4.69) is 26.8 Å². The zero-order valence-electron chi connectivity index (χ0n) is 7.15. The van der Waals surface area contributed by atoms with Crippen LogP contribution < -0.4 is 0 Å². The van der Waals surface area contributed by atoms with Crippen molar-refractivity contribution in [3.05, 3.63) is 11.6 Å². The summed E-state index contributed by atoms with van der Waals surface area (Å²) < 4.78 is 0. The van der Waals surface area contributed by atoms with Crippen LogP contribution in [-0.2, 0) is 0 Å². The predicted octanol–water partition coefficient (Wildman–Crippen LogP) is 3.02. The third kappa shape index (κ3) is 4.30. The van der Waals surface area contributed by atoms with E-state index >= 15 is 0 Å². The van der Waals surface area contributed by atoms with Gasteiger partial charge in [-0.2, -0.15) is 0 Å². The Morgan fingerprint density at radius 2 is 2.10 bits per heavy atom. The van der Waals surface area contributed by atoms with E-state index in [-0.39, 0.29) is 0 Å². The summed E-state index contributed by atoms with van der Waals surface area (Å²) in [5.41, 5.74) is 1.36. The van der Waals surface area contributed by atoms with E-state index < -0.39 is 0 Å². The van der Waals surface area contributed by atoms with E-state index in [4.69, 9.17) is 5.41 Å². The van der Waals surface area contributed by atoms with Crippen molar-refractivity contribution in [1.82, 2.24) is 0 Å². The van der Waals surface area contributed by atoms with Crippen LogP contribution in [0.25, 0.3) is 0 Å². The van der Waals surface area contributed by atoms with Crippen LogP contribution in [0.1, 0.15) is 33.6 Å². The van der Waals surface area contributed by atoms with E-state index in [0.717, 1.165) is 12.8 Å². The Morgan fingerprint density at radius 3 is 2.40 bits per heavy atom. The van der Waals surface area contributed by atoms with Crippen LogP contribution in [0, 0.1) is 11.3 Å². The van der Waals surface area contributed by atoms with Gasteiger partial charge in [0.2, 0.25) is 0 Å². The number of rotatable bonds is 4. The lowest BCUT2D eigenvalue weighted by molar-refractivity contribution is 0.654. The molecule has 0 aromatic rings. The first-order chi connectivity index (χ1) is 4.70. The van der Waals surface area contributed by atoms with Gasteiger partial charge in [0.05, 0.1) is 0 Å². The van der Waals surface area contributed by atoms with Crippen molar-refractivity contribution >= 4 is 6.21 Å². The molecule has 0 aromatic carbocycles. The summed E-state index contributed by atoms with van der Waals surface area (Å²) in [6.45, 7) is 6.37. The fourth-order valence-electron chi connectivity index (χ4n) is 0.975. The van der Waals surface area contributed by atoms with Gasteiger partial charge in [0, 0.05) is 0 Å². The highest BCUT2D eigenvalue weighted by atomic mass is 14.3. The Kier molecular flexibility index (Phi) is 4.91. The molecule has 0 radical (unpaired) electrons. The van der Waals surface area contributed by atoms with Crippen molar-refractivity contribution in [2.24, 2.45) is 5.92 Å². The third-order valence-electron chi connectivity index (χ3n) is 1.51. The summed E-state index contributed by atoms with van der Waals surface area (Å²) in [6.07, 6.45) is 5.76. The highest BCUT2D eigenvalue weighted by Crippen LogP contribution is 2.10. The first kappa shape index (κ1) is 9.41. The van der Waals surface area contributed by atoms with Gasteiger partial charge in [0.25, 0.3) is 0 Å². The summed E-state index contributed by atoms with van der Waals surface area (Å²) >= 11 is 0. The summed E-state index contributed by atoms with van der Waals surface area (Å²) in [6, 6.07) is 0. The smallest absolute Gasteiger partial charge is 0.00419 e. The molecule has 0 aliphatic heterocycles. The van der Waals surface area contributed by atoms with Gasteiger partial charge < -0.3 is 5.41 Å². The fraction of sp³-hybridized carbons (Fsp3) is 0.667. The minimum absolute atomic E-state index is 0.586. The molecule has 1 unspecified atom stereocenters. The SMILES string of the molecule is CCC(C=C(C)C)CC=N. The van der Waals surface area contributed by atoms with Gasteiger partial charge in [-0.05, 0) is 38.8 Å². The van der Waals surface area contributed by atoms with E-state index in [1.54, 1.807) is 0 Å². The van der Waals surface area contributed by atoms with Crippen molar-refractivity contribution in [2.75, 3.05) is 0 Å². The second kappa shape index (κ2) is 5.21. The number of nitrogens with one attached hydrogen (secondary N) is 1. The maximum atomic E-state index is 6.93. The van der Waals surface area contributed by atoms with E-state index in [1.165, 1.54) is 11.8 Å². The molecule has 1 nitrogen and oxygen atoms in total. The van der Waals surface area contributed by atoms with Crippen LogP contribution in [0.5, 0.6) is 0 Å². The van der Waals surface area contributed by atoms with Gasteiger partial charge >= 0.3 is 0 Å². The third-order valence-corrected chi connectivity index (χ3v) is 1.51. The molecule has 0 spiro atoms. The largest absolute Gasteiger partial charge is 0.313 e. The minimum atomic E-state index is 0.586. The molecule has 0 heterocycles. The van der Waals surface area contributed by atoms with Gasteiger partial charge in [-0.15, -0.1) is 0 Å². The van der Waals surface area contributed by atoms with Crippen LogP contribution >= 0.6 is 0 Å². The molecular weight excluding hydrogens is 122 g/mol. The molecule has 0 aliphatic rings. The maximum absolute atomic E-state index is 6.93. The topological polar surface area (TPSA) is 23.9 Å². The van der Waals surface area contributed by atoms with Gasteiger partial charge in [-0.25, -0.2) is 0 Å². The maximum Gasteiger partial charge on any atom is -0.00419 e. The average Bonchev–Trinajstić information content (AvgIpc) is 1.86. The van der Waals surface area contributed by atoms with Crippen molar-refractivity contribution < 1.29 is 0 Å². The molecule has 0 aliphatic carbocycles. The van der Waals surface area contributed by atoms with Crippen LogP contribution in [0.3, 0.4) is 0 Å². The van der Waals surface area contributed by atoms with Gasteiger partial charge in [-0.1, -0.05) is 18.6 Å². The van der Waals surface area contributed by atoms with Crippen LogP contribution in [0.4, 0.5) is 0 Å². The van der Waals surface area contributed by atoms with Crippen LogP contribution in [-0.4, -0.2) is 6.21 Å². The molecule has 0 amide bonds. The van der Waals surface area contributed by atoms with E-state index in [1.807, 2.05) is 0 Å². The molecule has 0 aromatic heterocycles. The first-order valence-electron chi connectivity index (χ1n) is 3.84. The minimum Gasteiger partial charge on any atom is -0.313 e. The van der Waals surface area contributed by atoms with Crippen LogP contribution in [0.15, 0.2) is 11.6 Å². The zero-order valence-corrected chi connectivity index (χ0v) is 7.15. The van der Waals surface area contributed by atoms with Gasteiger partial charge in [0.1, 0.15) is 0 Å². The van der Waals surface area contributed by atoms with Gasteiger partial charge in [0.15, 0.2) is 0 Å². The molecule has 58 valence electrons. The molecule has 0 saturated carbocycles. The molecule has 0 rings (SSSR count). The van der Waals surface area contributed by atoms with Crippen molar-refractivity contribution in [3.8, 4) is 0 Å². The quantitative estimate of drug-likeness (QED) is 0.457. The number of hydrogen-bond donors (Lipinski definition) is 1. The zero-order chi connectivity index (χ0) is 7.98. The van der Waals surface area contributed by atoms with Crippen molar-refractivity contribution in [3.63, 3.8) is 0 Å². The lowest BCUT2D eigenvalue weighted by Crippen LogP contribution is -1.94. The molecule has 1 heteroatoms. The van der Waals surface area contributed by atoms with E-state index in [9.17, 15) is 0 Å². The Morgan fingerprint density at radius 1 is 1.50 bits per heavy atom. The normalized spacial score (nSPS) is 12.3. The molecular formula is C9H17N.